The first-order valence-corrected chi connectivity index (χ1v) is 7.05. The van der Waals surface area contributed by atoms with Crippen molar-refractivity contribution < 1.29 is 5.11 Å². The van der Waals surface area contributed by atoms with Crippen LogP contribution in [0.5, 0.6) is 0 Å². The summed E-state index contributed by atoms with van der Waals surface area (Å²) in [6, 6.07) is 8.00. The largest absolute Gasteiger partial charge is 0.396 e. The van der Waals surface area contributed by atoms with Crippen LogP contribution in [-0.4, -0.2) is 26.7 Å². The third-order valence-corrected chi connectivity index (χ3v) is 3.30. The molecule has 108 valence electrons. The summed E-state index contributed by atoms with van der Waals surface area (Å²) >= 11 is 5.98. The van der Waals surface area contributed by atoms with E-state index < -0.39 is 0 Å². The predicted octanol–water partition coefficient (Wildman–Crippen LogP) is 2.16. The first-order chi connectivity index (χ1) is 9.69. The molecule has 20 heavy (non-hydrogen) atoms. The molecule has 1 atom stereocenters. The van der Waals surface area contributed by atoms with Gasteiger partial charge in [0.05, 0.1) is 5.69 Å². The van der Waals surface area contributed by atoms with Crippen molar-refractivity contribution in [2.75, 3.05) is 6.61 Å². The summed E-state index contributed by atoms with van der Waals surface area (Å²) in [5, 5.41) is 21.0. The maximum Gasteiger partial charge on any atom is 0.0965 e. The van der Waals surface area contributed by atoms with Crippen LogP contribution < -0.4 is 5.32 Å². The van der Waals surface area contributed by atoms with Crippen molar-refractivity contribution in [3.05, 3.63) is 46.7 Å². The molecule has 2 aromatic rings. The monoisotopic (exact) mass is 294 g/mol. The highest BCUT2D eigenvalue weighted by Gasteiger charge is 2.07. The number of aromatic nitrogens is 3. The second kappa shape index (κ2) is 7.38. The molecule has 0 radical (unpaired) electrons. The van der Waals surface area contributed by atoms with Gasteiger partial charge in [-0.25, -0.2) is 0 Å². The van der Waals surface area contributed by atoms with E-state index in [1.165, 1.54) is 0 Å². The van der Waals surface area contributed by atoms with Crippen molar-refractivity contribution in [1.29, 1.82) is 0 Å². The van der Waals surface area contributed by atoms with Crippen molar-refractivity contribution >= 4 is 11.6 Å². The molecule has 2 N–H and O–H groups in total. The van der Waals surface area contributed by atoms with E-state index in [1.54, 1.807) is 4.68 Å². The SMILES string of the molecule is C[C@@H](NCc1cn(CCCO)nn1)c1cccc(Cl)c1. The van der Waals surface area contributed by atoms with Gasteiger partial charge in [0.2, 0.25) is 0 Å². The fourth-order valence-electron chi connectivity index (χ4n) is 1.91. The van der Waals surface area contributed by atoms with Crippen LogP contribution in [0, 0.1) is 0 Å². The summed E-state index contributed by atoms with van der Waals surface area (Å²) in [5.41, 5.74) is 2.03. The Labute approximate surface area is 123 Å². The lowest BCUT2D eigenvalue weighted by atomic mass is 10.1. The van der Waals surface area contributed by atoms with Crippen molar-refractivity contribution in [2.45, 2.75) is 32.5 Å². The van der Waals surface area contributed by atoms with Gasteiger partial charge in [0.15, 0.2) is 0 Å². The fourth-order valence-corrected chi connectivity index (χ4v) is 2.11. The van der Waals surface area contributed by atoms with Gasteiger partial charge < -0.3 is 10.4 Å². The minimum Gasteiger partial charge on any atom is -0.396 e. The van der Waals surface area contributed by atoms with Gasteiger partial charge in [-0.05, 0) is 31.0 Å². The Morgan fingerprint density at radius 1 is 1.45 bits per heavy atom. The number of hydrogen-bond acceptors (Lipinski definition) is 4. The highest BCUT2D eigenvalue weighted by Crippen LogP contribution is 2.17. The zero-order chi connectivity index (χ0) is 14.4. The molecule has 5 nitrogen and oxygen atoms in total. The summed E-state index contributed by atoms with van der Waals surface area (Å²) in [4.78, 5) is 0. The molecule has 0 fully saturated rings. The zero-order valence-electron chi connectivity index (χ0n) is 11.5. The van der Waals surface area contributed by atoms with Crippen LogP contribution in [0.25, 0.3) is 0 Å². The normalized spacial score (nSPS) is 12.6. The Bertz CT molecular complexity index is 543. The van der Waals surface area contributed by atoms with Gasteiger partial charge in [0.25, 0.3) is 0 Å². The molecule has 1 aromatic heterocycles. The fraction of sp³-hybridized carbons (Fsp3) is 0.429. The minimum absolute atomic E-state index is 0.166. The molecule has 0 aliphatic rings. The van der Waals surface area contributed by atoms with E-state index in [-0.39, 0.29) is 12.6 Å². The lowest BCUT2D eigenvalue weighted by molar-refractivity contribution is 0.276. The quantitative estimate of drug-likeness (QED) is 0.821. The average molecular weight is 295 g/mol. The number of benzene rings is 1. The predicted molar refractivity (Wildman–Crippen MR) is 78.4 cm³/mol. The second-order valence-corrected chi connectivity index (χ2v) is 5.14. The molecular weight excluding hydrogens is 276 g/mol. The maximum atomic E-state index is 8.77. The Kier molecular flexibility index (Phi) is 5.52. The van der Waals surface area contributed by atoms with Gasteiger partial charge in [-0.2, -0.15) is 0 Å². The molecule has 0 amide bonds. The molecule has 6 heteroatoms. The highest BCUT2D eigenvalue weighted by atomic mass is 35.5. The van der Waals surface area contributed by atoms with Gasteiger partial charge >= 0.3 is 0 Å². The smallest absolute Gasteiger partial charge is 0.0965 e. The number of aryl methyl sites for hydroxylation is 1. The van der Waals surface area contributed by atoms with E-state index in [0.717, 1.165) is 16.3 Å². The van der Waals surface area contributed by atoms with Crippen molar-refractivity contribution in [3.8, 4) is 0 Å². The van der Waals surface area contributed by atoms with Crippen LogP contribution in [0.4, 0.5) is 0 Å². The van der Waals surface area contributed by atoms with E-state index >= 15 is 0 Å². The van der Waals surface area contributed by atoms with E-state index in [4.69, 9.17) is 16.7 Å². The molecule has 2 rings (SSSR count). The Balaban J connectivity index is 1.86. The number of nitrogens with zero attached hydrogens (tertiary/aromatic N) is 3. The topological polar surface area (TPSA) is 63.0 Å². The van der Waals surface area contributed by atoms with Gasteiger partial charge in [0.1, 0.15) is 0 Å². The standard InChI is InChI=1S/C14H19ClN4O/c1-11(12-4-2-5-13(15)8-12)16-9-14-10-19(18-17-14)6-3-7-20/h2,4-5,8,10-11,16,20H,3,6-7,9H2,1H3/t11-/m1/s1. The van der Waals surface area contributed by atoms with Crippen LogP contribution in [0.2, 0.25) is 5.02 Å². The number of halogens is 1. The van der Waals surface area contributed by atoms with E-state index in [0.29, 0.717) is 19.5 Å². The summed E-state index contributed by atoms with van der Waals surface area (Å²) < 4.78 is 1.75. The molecular formula is C14H19ClN4O. The number of rotatable bonds is 7. The number of aliphatic hydroxyl groups excluding tert-OH is 1. The lowest BCUT2D eigenvalue weighted by Gasteiger charge is -2.13. The maximum absolute atomic E-state index is 8.77. The van der Waals surface area contributed by atoms with Crippen LogP contribution in [-0.2, 0) is 13.1 Å². The van der Waals surface area contributed by atoms with Crippen LogP contribution in [0.1, 0.15) is 30.6 Å². The minimum atomic E-state index is 0.166. The molecule has 1 heterocycles. The lowest BCUT2D eigenvalue weighted by Crippen LogP contribution is -2.18. The van der Waals surface area contributed by atoms with E-state index in [9.17, 15) is 0 Å². The Hall–Kier alpha value is -1.43. The third kappa shape index (κ3) is 4.30. The third-order valence-electron chi connectivity index (χ3n) is 3.07. The van der Waals surface area contributed by atoms with Crippen molar-refractivity contribution in [3.63, 3.8) is 0 Å². The molecule has 0 saturated heterocycles. The zero-order valence-corrected chi connectivity index (χ0v) is 12.2. The van der Waals surface area contributed by atoms with E-state index in [2.05, 4.69) is 22.6 Å². The first kappa shape index (κ1) is 15.0. The van der Waals surface area contributed by atoms with Gasteiger partial charge in [0, 0.05) is 37.0 Å². The van der Waals surface area contributed by atoms with Gasteiger partial charge in [-0.1, -0.05) is 28.9 Å². The summed E-state index contributed by atoms with van der Waals surface area (Å²) in [5.74, 6) is 0. The first-order valence-electron chi connectivity index (χ1n) is 6.68. The molecule has 1 aromatic carbocycles. The molecule has 0 aliphatic heterocycles. The Morgan fingerprint density at radius 3 is 3.05 bits per heavy atom. The Morgan fingerprint density at radius 2 is 2.30 bits per heavy atom. The van der Waals surface area contributed by atoms with Crippen LogP contribution in [0.15, 0.2) is 30.5 Å². The van der Waals surface area contributed by atoms with Gasteiger partial charge in [-0.3, -0.25) is 4.68 Å². The number of nitrogens with one attached hydrogen (secondary N) is 1. The number of hydrogen-bond donors (Lipinski definition) is 2. The molecule has 0 spiro atoms. The highest BCUT2D eigenvalue weighted by molar-refractivity contribution is 6.30. The van der Waals surface area contributed by atoms with E-state index in [1.807, 2.05) is 30.5 Å². The number of aliphatic hydroxyl groups is 1. The molecule has 0 bridgehead atoms. The van der Waals surface area contributed by atoms with Crippen LogP contribution >= 0.6 is 11.6 Å². The molecule has 0 unspecified atom stereocenters. The average Bonchev–Trinajstić information content (AvgIpc) is 2.90. The van der Waals surface area contributed by atoms with Crippen molar-refractivity contribution in [1.82, 2.24) is 20.3 Å². The van der Waals surface area contributed by atoms with Gasteiger partial charge in [-0.15, -0.1) is 5.10 Å². The summed E-state index contributed by atoms with van der Waals surface area (Å²) in [7, 11) is 0. The molecule has 0 aliphatic carbocycles. The van der Waals surface area contributed by atoms with Crippen LogP contribution in [0.3, 0.4) is 0 Å². The van der Waals surface area contributed by atoms with Crippen molar-refractivity contribution in [2.24, 2.45) is 0 Å². The summed E-state index contributed by atoms with van der Waals surface area (Å²) in [6.07, 6.45) is 2.59. The summed E-state index contributed by atoms with van der Waals surface area (Å²) in [6.45, 7) is 3.58. The molecule has 0 saturated carbocycles. The second-order valence-electron chi connectivity index (χ2n) is 4.71.